The van der Waals surface area contributed by atoms with Gasteiger partial charge >= 0.3 is 0 Å². The summed E-state index contributed by atoms with van der Waals surface area (Å²) in [5.74, 6) is 0.821. The predicted molar refractivity (Wildman–Crippen MR) is 85.4 cm³/mol. The van der Waals surface area contributed by atoms with Crippen LogP contribution in [0.25, 0.3) is 0 Å². The van der Waals surface area contributed by atoms with Crippen LogP contribution in [0.4, 0.5) is 0 Å². The van der Waals surface area contributed by atoms with Gasteiger partial charge in [-0.05, 0) is 36.6 Å². The third-order valence-corrected chi connectivity index (χ3v) is 4.12. The molecule has 0 heterocycles. The maximum absolute atomic E-state index is 12.0. The van der Waals surface area contributed by atoms with Gasteiger partial charge in [-0.2, -0.15) is 0 Å². The third kappa shape index (κ3) is 4.53. The molecule has 2 aromatic carbocycles. The Morgan fingerprint density at radius 3 is 2.15 bits per heavy atom. The van der Waals surface area contributed by atoms with E-state index >= 15 is 0 Å². The maximum atomic E-state index is 12.0. The number of Topliss-reactive ketones (excluding diaryl/α,β-unsaturated/α-hetero) is 1. The predicted octanol–water partition coefficient (Wildman–Crippen LogP) is 5.46. The minimum Gasteiger partial charge on any atom is -0.294 e. The Kier molecular flexibility index (Phi) is 5.42. The van der Waals surface area contributed by atoms with Crippen LogP contribution in [-0.2, 0) is 0 Å². The number of ketones is 1. The van der Waals surface area contributed by atoms with Crippen LogP contribution in [0.5, 0.6) is 0 Å². The van der Waals surface area contributed by atoms with E-state index in [1.165, 1.54) is 4.90 Å². The summed E-state index contributed by atoms with van der Waals surface area (Å²) in [5.41, 5.74) is 0.822. The van der Waals surface area contributed by atoms with Crippen molar-refractivity contribution in [2.24, 2.45) is 5.92 Å². The Morgan fingerprint density at radius 1 is 0.950 bits per heavy atom. The molecule has 0 bridgehead atoms. The standard InChI is InChI=1S/C18H20OS/c1-14(2)8-13-18(19)15-9-11-17(12-10-15)20-16-6-4-3-5-7-16/h3-7,9-12,14H,8,13H2,1-2H3. The fourth-order valence-corrected chi connectivity index (χ4v) is 2.74. The van der Waals surface area contributed by atoms with Crippen LogP contribution in [0, 0.1) is 5.92 Å². The highest BCUT2D eigenvalue weighted by atomic mass is 32.2. The first-order chi connectivity index (χ1) is 9.65. The van der Waals surface area contributed by atoms with Crippen molar-refractivity contribution >= 4 is 17.5 Å². The molecule has 0 atom stereocenters. The molecule has 0 aliphatic heterocycles. The second-order valence-electron chi connectivity index (χ2n) is 5.30. The van der Waals surface area contributed by atoms with Gasteiger partial charge in [0.15, 0.2) is 5.78 Å². The van der Waals surface area contributed by atoms with Crippen molar-refractivity contribution in [1.82, 2.24) is 0 Å². The van der Waals surface area contributed by atoms with Gasteiger partial charge in [-0.3, -0.25) is 4.79 Å². The summed E-state index contributed by atoms with van der Waals surface area (Å²) in [6, 6.07) is 18.2. The first-order valence-corrected chi connectivity index (χ1v) is 7.83. The molecule has 2 rings (SSSR count). The molecule has 2 aromatic rings. The zero-order valence-corrected chi connectivity index (χ0v) is 12.8. The van der Waals surface area contributed by atoms with Crippen LogP contribution in [0.3, 0.4) is 0 Å². The van der Waals surface area contributed by atoms with Gasteiger partial charge in [0, 0.05) is 21.8 Å². The Balaban J connectivity index is 1.97. The molecule has 0 saturated heterocycles. The zero-order valence-electron chi connectivity index (χ0n) is 12.0. The molecular weight excluding hydrogens is 264 g/mol. The van der Waals surface area contributed by atoms with Gasteiger partial charge in [-0.1, -0.05) is 55.9 Å². The number of benzene rings is 2. The van der Waals surface area contributed by atoms with E-state index in [0.717, 1.165) is 16.9 Å². The van der Waals surface area contributed by atoms with E-state index in [-0.39, 0.29) is 5.78 Å². The summed E-state index contributed by atoms with van der Waals surface area (Å²) >= 11 is 1.71. The van der Waals surface area contributed by atoms with Gasteiger partial charge in [0.25, 0.3) is 0 Å². The monoisotopic (exact) mass is 284 g/mol. The molecule has 0 unspecified atom stereocenters. The van der Waals surface area contributed by atoms with E-state index < -0.39 is 0 Å². The molecule has 0 fully saturated rings. The van der Waals surface area contributed by atoms with Crippen molar-refractivity contribution < 1.29 is 4.79 Å². The summed E-state index contributed by atoms with van der Waals surface area (Å²) < 4.78 is 0. The van der Waals surface area contributed by atoms with Crippen molar-refractivity contribution in [2.75, 3.05) is 0 Å². The van der Waals surface area contributed by atoms with Gasteiger partial charge in [0.05, 0.1) is 0 Å². The van der Waals surface area contributed by atoms with Crippen LogP contribution in [0.2, 0.25) is 0 Å². The summed E-state index contributed by atoms with van der Waals surface area (Å²) in [4.78, 5) is 14.4. The molecule has 104 valence electrons. The molecule has 0 amide bonds. The van der Waals surface area contributed by atoms with Crippen molar-refractivity contribution in [3.8, 4) is 0 Å². The molecule has 2 heteroatoms. The second-order valence-corrected chi connectivity index (χ2v) is 6.44. The largest absolute Gasteiger partial charge is 0.294 e. The van der Waals surface area contributed by atoms with Gasteiger partial charge in [-0.15, -0.1) is 0 Å². The second kappa shape index (κ2) is 7.30. The van der Waals surface area contributed by atoms with E-state index in [4.69, 9.17) is 0 Å². The van der Waals surface area contributed by atoms with E-state index in [2.05, 4.69) is 26.0 Å². The van der Waals surface area contributed by atoms with Gasteiger partial charge in [0.2, 0.25) is 0 Å². The van der Waals surface area contributed by atoms with E-state index in [1.807, 2.05) is 42.5 Å². The summed E-state index contributed by atoms with van der Waals surface area (Å²) in [5, 5.41) is 0. The highest BCUT2D eigenvalue weighted by Crippen LogP contribution is 2.27. The van der Waals surface area contributed by atoms with Crippen LogP contribution >= 0.6 is 11.8 Å². The molecule has 20 heavy (non-hydrogen) atoms. The topological polar surface area (TPSA) is 17.1 Å². The van der Waals surface area contributed by atoms with E-state index in [1.54, 1.807) is 11.8 Å². The highest BCUT2D eigenvalue weighted by molar-refractivity contribution is 7.99. The molecule has 0 aliphatic rings. The summed E-state index contributed by atoms with van der Waals surface area (Å²) in [6.45, 7) is 4.29. The first kappa shape index (κ1) is 14.9. The van der Waals surface area contributed by atoms with E-state index in [0.29, 0.717) is 12.3 Å². The number of hydrogen-bond donors (Lipinski definition) is 0. The van der Waals surface area contributed by atoms with Crippen molar-refractivity contribution in [3.63, 3.8) is 0 Å². The van der Waals surface area contributed by atoms with Crippen molar-refractivity contribution in [3.05, 3.63) is 60.2 Å². The highest BCUT2D eigenvalue weighted by Gasteiger charge is 2.07. The molecule has 1 nitrogen and oxygen atoms in total. The molecule has 0 aromatic heterocycles. The Bertz CT molecular complexity index is 543. The summed E-state index contributed by atoms with van der Waals surface area (Å²) in [6.07, 6.45) is 1.60. The zero-order chi connectivity index (χ0) is 14.4. The molecular formula is C18H20OS. The Hall–Kier alpha value is -1.54. The average molecular weight is 284 g/mol. The number of rotatable bonds is 6. The number of carbonyl (C=O) groups excluding carboxylic acids is 1. The fourth-order valence-electron chi connectivity index (χ4n) is 1.90. The molecule has 0 spiro atoms. The quantitative estimate of drug-likeness (QED) is 0.655. The van der Waals surface area contributed by atoms with Gasteiger partial charge in [-0.25, -0.2) is 0 Å². The lowest BCUT2D eigenvalue weighted by Gasteiger charge is -2.05. The average Bonchev–Trinajstić information content (AvgIpc) is 2.46. The third-order valence-electron chi connectivity index (χ3n) is 3.10. The lowest BCUT2D eigenvalue weighted by molar-refractivity contribution is 0.0975. The van der Waals surface area contributed by atoms with Gasteiger partial charge < -0.3 is 0 Å². The van der Waals surface area contributed by atoms with E-state index in [9.17, 15) is 4.79 Å². The Labute approximate surface area is 125 Å². The number of hydrogen-bond acceptors (Lipinski definition) is 2. The SMILES string of the molecule is CC(C)CCC(=O)c1ccc(Sc2ccccc2)cc1. The molecule has 0 N–H and O–H groups in total. The first-order valence-electron chi connectivity index (χ1n) is 7.01. The fraction of sp³-hybridized carbons (Fsp3) is 0.278. The lowest BCUT2D eigenvalue weighted by atomic mass is 10.0. The number of carbonyl (C=O) groups is 1. The summed E-state index contributed by atoms with van der Waals surface area (Å²) in [7, 11) is 0. The van der Waals surface area contributed by atoms with Crippen LogP contribution in [0.15, 0.2) is 64.4 Å². The molecule has 0 aliphatic carbocycles. The normalized spacial score (nSPS) is 10.8. The molecule has 0 radical (unpaired) electrons. The van der Waals surface area contributed by atoms with Crippen LogP contribution in [0.1, 0.15) is 37.0 Å². The minimum absolute atomic E-state index is 0.245. The smallest absolute Gasteiger partial charge is 0.162 e. The lowest BCUT2D eigenvalue weighted by Crippen LogP contribution is -2.01. The maximum Gasteiger partial charge on any atom is 0.162 e. The van der Waals surface area contributed by atoms with Crippen LogP contribution in [-0.4, -0.2) is 5.78 Å². The Morgan fingerprint density at radius 2 is 1.55 bits per heavy atom. The van der Waals surface area contributed by atoms with Crippen molar-refractivity contribution in [2.45, 2.75) is 36.5 Å². The van der Waals surface area contributed by atoms with Crippen LogP contribution < -0.4 is 0 Å². The van der Waals surface area contributed by atoms with Crippen molar-refractivity contribution in [1.29, 1.82) is 0 Å². The van der Waals surface area contributed by atoms with Gasteiger partial charge in [0.1, 0.15) is 0 Å². The molecule has 0 saturated carbocycles. The minimum atomic E-state index is 0.245.